The maximum atomic E-state index is 12.8. The molecule has 0 bridgehead atoms. The first-order chi connectivity index (χ1) is 17.6. The van der Waals surface area contributed by atoms with E-state index in [0.29, 0.717) is 35.7 Å². The molecule has 0 unspecified atom stereocenters. The Labute approximate surface area is 210 Å². The summed E-state index contributed by atoms with van der Waals surface area (Å²) in [7, 11) is 3.16. The third kappa shape index (κ3) is 5.62. The number of benzene rings is 3. The van der Waals surface area contributed by atoms with Crippen molar-refractivity contribution in [3.05, 3.63) is 102 Å². The number of rotatable bonds is 9. The third-order valence-electron chi connectivity index (χ3n) is 5.62. The van der Waals surface area contributed by atoms with Gasteiger partial charge in [-0.1, -0.05) is 54.6 Å². The van der Waals surface area contributed by atoms with Gasteiger partial charge in [0.25, 0.3) is 5.91 Å². The number of nitriles is 1. The van der Waals surface area contributed by atoms with E-state index >= 15 is 0 Å². The van der Waals surface area contributed by atoms with Gasteiger partial charge in [-0.3, -0.25) is 4.79 Å². The van der Waals surface area contributed by atoms with Gasteiger partial charge in [0.15, 0.2) is 11.5 Å². The van der Waals surface area contributed by atoms with E-state index in [1.54, 1.807) is 25.0 Å². The van der Waals surface area contributed by atoms with E-state index in [1.165, 1.54) is 0 Å². The summed E-state index contributed by atoms with van der Waals surface area (Å²) < 4.78 is 12.3. The number of nitrogens with one attached hydrogen (secondary N) is 1. The molecule has 0 saturated carbocycles. The van der Waals surface area contributed by atoms with Crippen LogP contribution in [0, 0.1) is 11.3 Å². The Hall–Kier alpha value is -4.83. The number of nitrogens with zero attached hydrogens (tertiary/aromatic N) is 3. The Morgan fingerprint density at radius 3 is 2.36 bits per heavy atom. The number of methoxy groups -OCH3 is 2. The van der Waals surface area contributed by atoms with Crippen LogP contribution in [0.2, 0.25) is 0 Å². The summed E-state index contributed by atoms with van der Waals surface area (Å²) >= 11 is 0. The molecule has 0 spiro atoms. The number of aromatic nitrogens is 2. The van der Waals surface area contributed by atoms with Gasteiger partial charge >= 0.3 is 0 Å². The van der Waals surface area contributed by atoms with Crippen molar-refractivity contribution < 1.29 is 14.3 Å². The first-order valence-corrected chi connectivity index (χ1v) is 11.4. The van der Waals surface area contributed by atoms with Crippen molar-refractivity contribution in [2.24, 2.45) is 0 Å². The number of para-hydroxylation sites is 1. The Balaban J connectivity index is 1.55. The second-order valence-corrected chi connectivity index (χ2v) is 7.94. The van der Waals surface area contributed by atoms with E-state index in [0.717, 1.165) is 16.8 Å². The summed E-state index contributed by atoms with van der Waals surface area (Å²) in [6.45, 7) is 0.363. The highest BCUT2D eigenvalue weighted by Crippen LogP contribution is 2.28. The van der Waals surface area contributed by atoms with E-state index in [1.807, 2.05) is 91.1 Å². The first kappa shape index (κ1) is 24.3. The van der Waals surface area contributed by atoms with E-state index in [4.69, 9.17) is 14.6 Å². The fourth-order valence-corrected chi connectivity index (χ4v) is 3.78. The van der Waals surface area contributed by atoms with Gasteiger partial charge in [-0.05, 0) is 42.3 Å². The van der Waals surface area contributed by atoms with Crippen LogP contribution in [0.25, 0.3) is 23.0 Å². The molecule has 180 valence electrons. The second-order valence-electron chi connectivity index (χ2n) is 7.94. The van der Waals surface area contributed by atoms with Crippen LogP contribution in [-0.2, 0) is 11.2 Å². The van der Waals surface area contributed by atoms with Gasteiger partial charge in [-0.25, -0.2) is 4.68 Å². The fraction of sp³-hybridized carbons (Fsp3) is 0.138. The number of carbonyl (C=O) groups excluding carboxylic acids is 1. The molecule has 1 amide bonds. The van der Waals surface area contributed by atoms with Crippen LogP contribution < -0.4 is 14.8 Å². The zero-order valence-electron chi connectivity index (χ0n) is 20.1. The predicted molar refractivity (Wildman–Crippen MR) is 139 cm³/mol. The van der Waals surface area contributed by atoms with Crippen LogP contribution in [0.4, 0.5) is 0 Å². The molecule has 7 heteroatoms. The maximum Gasteiger partial charge on any atom is 0.261 e. The van der Waals surface area contributed by atoms with Crippen molar-refractivity contribution in [2.45, 2.75) is 6.42 Å². The van der Waals surface area contributed by atoms with Crippen molar-refractivity contribution in [1.29, 1.82) is 5.26 Å². The molecule has 0 aliphatic carbocycles. The second kappa shape index (κ2) is 11.5. The molecule has 0 fully saturated rings. The highest BCUT2D eigenvalue weighted by Gasteiger charge is 2.15. The van der Waals surface area contributed by atoms with Crippen molar-refractivity contribution in [3.63, 3.8) is 0 Å². The molecule has 0 atom stereocenters. The standard InChI is InChI=1S/C29H26N4O3/c1-35-26-14-13-21(17-27(26)36-2)15-16-31-29(34)23(19-30)18-24-20-33(25-11-7-4-8-12-25)32-28(24)22-9-5-3-6-10-22/h3-14,17-18,20H,15-16H2,1-2H3,(H,31,34). The molecule has 1 heterocycles. The van der Waals surface area contributed by atoms with Crippen LogP contribution in [0.3, 0.4) is 0 Å². The monoisotopic (exact) mass is 478 g/mol. The molecular formula is C29H26N4O3. The Morgan fingerprint density at radius 2 is 1.69 bits per heavy atom. The van der Waals surface area contributed by atoms with Gasteiger partial charge in [-0.2, -0.15) is 10.4 Å². The molecular weight excluding hydrogens is 452 g/mol. The van der Waals surface area contributed by atoms with Crippen LogP contribution in [-0.4, -0.2) is 36.5 Å². The molecule has 1 N–H and O–H groups in total. The molecule has 0 aliphatic heterocycles. The Bertz CT molecular complexity index is 1400. The number of carbonyl (C=O) groups is 1. The summed E-state index contributed by atoms with van der Waals surface area (Å²) in [5.74, 6) is 0.831. The Kier molecular flexibility index (Phi) is 7.79. The lowest BCUT2D eigenvalue weighted by molar-refractivity contribution is -0.117. The van der Waals surface area contributed by atoms with Crippen LogP contribution in [0.15, 0.2) is 90.6 Å². The zero-order valence-corrected chi connectivity index (χ0v) is 20.1. The minimum absolute atomic E-state index is 0.00658. The van der Waals surface area contributed by atoms with Gasteiger partial charge in [0.05, 0.1) is 25.6 Å². The maximum absolute atomic E-state index is 12.8. The summed E-state index contributed by atoms with van der Waals surface area (Å²) in [5.41, 5.74) is 4.12. The average molecular weight is 479 g/mol. The van der Waals surface area contributed by atoms with E-state index in [2.05, 4.69) is 5.32 Å². The topological polar surface area (TPSA) is 89.2 Å². The number of hydrogen-bond acceptors (Lipinski definition) is 5. The molecule has 7 nitrogen and oxygen atoms in total. The smallest absolute Gasteiger partial charge is 0.261 e. The van der Waals surface area contributed by atoms with Crippen LogP contribution >= 0.6 is 0 Å². The number of amides is 1. The summed E-state index contributed by atoms with van der Waals surface area (Å²) in [5, 5.41) is 17.3. The summed E-state index contributed by atoms with van der Waals surface area (Å²) in [6.07, 6.45) is 3.98. The zero-order chi connectivity index (χ0) is 25.3. The molecule has 1 aromatic heterocycles. The van der Waals surface area contributed by atoms with Crippen molar-refractivity contribution in [2.75, 3.05) is 20.8 Å². The molecule has 0 radical (unpaired) electrons. The number of hydrogen-bond donors (Lipinski definition) is 1. The highest BCUT2D eigenvalue weighted by atomic mass is 16.5. The van der Waals surface area contributed by atoms with E-state index in [9.17, 15) is 10.1 Å². The summed E-state index contributed by atoms with van der Waals surface area (Å²) in [6, 6.07) is 27.0. The molecule has 4 rings (SSSR count). The van der Waals surface area contributed by atoms with Gasteiger partial charge in [-0.15, -0.1) is 0 Å². The normalized spacial score (nSPS) is 11.0. The lowest BCUT2D eigenvalue weighted by Gasteiger charge is -2.10. The SMILES string of the molecule is COc1ccc(CCNC(=O)C(C#N)=Cc2cn(-c3ccccc3)nc2-c2ccccc2)cc1OC. The van der Waals surface area contributed by atoms with Crippen molar-refractivity contribution in [3.8, 4) is 34.5 Å². The summed E-state index contributed by atoms with van der Waals surface area (Å²) in [4.78, 5) is 12.8. The van der Waals surface area contributed by atoms with E-state index < -0.39 is 5.91 Å². The quantitative estimate of drug-likeness (QED) is 0.275. The largest absolute Gasteiger partial charge is 0.493 e. The molecule has 4 aromatic rings. The lowest BCUT2D eigenvalue weighted by Crippen LogP contribution is -2.26. The van der Waals surface area contributed by atoms with Crippen molar-refractivity contribution in [1.82, 2.24) is 15.1 Å². The predicted octanol–water partition coefficient (Wildman–Crippen LogP) is 4.82. The minimum Gasteiger partial charge on any atom is -0.493 e. The van der Waals surface area contributed by atoms with Crippen molar-refractivity contribution >= 4 is 12.0 Å². The Morgan fingerprint density at radius 1 is 1.00 bits per heavy atom. The first-order valence-electron chi connectivity index (χ1n) is 11.4. The molecule has 36 heavy (non-hydrogen) atoms. The van der Waals surface area contributed by atoms with Gasteiger partial charge < -0.3 is 14.8 Å². The fourth-order valence-electron chi connectivity index (χ4n) is 3.78. The average Bonchev–Trinajstić information content (AvgIpc) is 3.36. The minimum atomic E-state index is -0.440. The van der Waals surface area contributed by atoms with Gasteiger partial charge in [0, 0.05) is 23.9 Å². The molecule has 0 saturated heterocycles. The van der Waals surface area contributed by atoms with Crippen LogP contribution in [0.1, 0.15) is 11.1 Å². The van der Waals surface area contributed by atoms with Gasteiger partial charge in [0.2, 0.25) is 0 Å². The molecule has 3 aromatic carbocycles. The third-order valence-corrected chi connectivity index (χ3v) is 5.62. The van der Waals surface area contributed by atoms with Crippen LogP contribution in [0.5, 0.6) is 11.5 Å². The molecule has 0 aliphatic rings. The lowest BCUT2D eigenvalue weighted by atomic mass is 10.1. The van der Waals surface area contributed by atoms with E-state index in [-0.39, 0.29) is 5.57 Å². The highest BCUT2D eigenvalue weighted by molar-refractivity contribution is 6.02. The number of ether oxygens (including phenoxy) is 2. The van der Waals surface area contributed by atoms with Gasteiger partial charge in [0.1, 0.15) is 11.6 Å².